The van der Waals surface area contributed by atoms with Crippen molar-refractivity contribution >= 4 is 39.0 Å². The lowest BCUT2D eigenvalue weighted by Gasteiger charge is -2.12. The van der Waals surface area contributed by atoms with Crippen LogP contribution in [0.15, 0.2) is 41.3 Å². The van der Waals surface area contributed by atoms with Gasteiger partial charge >= 0.3 is 5.97 Å². The highest BCUT2D eigenvalue weighted by Crippen LogP contribution is 2.29. The highest BCUT2D eigenvalue weighted by Gasteiger charge is 2.13. The number of carbonyl (C=O) groups is 1. The summed E-state index contributed by atoms with van der Waals surface area (Å²) in [7, 11) is -3.34. The standard InChI is InChI=1S/C16H14Cl2O5S/c1-24(21,22)13-4-2-10(14(18)8-13)6-11-7-12(17)3-5-15(11)23-9-16(19)20/h2-5,7-8H,6,9H2,1H3,(H,19,20). The zero-order valence-electron chi connectivity index (χ0n) is 12.6. The van der Waals surface area contributed by atoms with Gasteiger partial charge < -0.3 is 9.84 Å². The lowest BCUT2D eigenvalue weighted by molar-refractivity contribution is -0.139. The van der Waals surface area contributed by atoms with Crippen LogP contribution in [0.2, 0.25) is 10.0 Å². The second-order valence-corrected chi connectivity index (χ2v) is 8.00. The third-order valence-electron chi connectivity index (χ3n) is 3.21. The van der Waals surface area contributed by atoms with Crippen LogP contribution >= 0.6 is 23.2 Å². The molecule has 1 N–H and O–H groups in total. The summed E-state index contributed by atoms with van der Waals surface area (Å²) in [5.41, 5.74) is 1.32. The Hall–Kier alpha value is -1.76. The molecule has 0 spiro atoms. The number of rotatable bonds is 6. The molecule has 128 valence electrons. The van der Waals surface area contributed by atoms with Crippen LogP contribution in [-0.2, 0) is 21.1 Å². The van der Waals surface area contributed by atoms with Crippen molar-refractivity contribution in [2.24, 2.45) is 0 Å². The van der Waals surface area contributed by atoms with Crippen LogP contribution in [0.25, 0.3) is 0 Å². The van der Waals surface area contributed by atoms with E-state index in [1.165, 1.54) is 12.1 Å². The number of benzene rings is 2. The number of hydrogen-bond acceptors (Lipinski definition) is 4. The average Bonchev–Trinajstić information content (AvgIpc) is 2.47. The van der Waals surface area contributed by atoms with Gasteiger partial charge in [0.05, 0.1) is 4.90 Å². The molecule has 2 rings (SSSR count). The normalized spacial score (nSPS) is 11.3. The summed E-state index contributed by atoms with van der Waals surface area (Å²) >= 11 is 12.2. The molecule has 0 aliphatic heterocycles. The number of aliphatic carboxylic acids is 1. The molecular formula is C16H14Cl2O5S. The fraction of sp³-hybridized carbons (Fsp3) is 0.188. The van der Waals surface area contributed by atoms with E-state index >= 15 is 0 Å². The first-order valence-electron chi connectivity index (χ1n) is 6.78. The van der Waals surface area contributed by atoms with Crippen molar-refractivity contribution in [2.45, 2.75) is 11.3 Å². The molecule has 0 atom stereocenters. The average molecular weight is 389 g/mol. The second kappa shape index (κ2) is 7.42. The topological polar surface area (TPSA) is 80.7 Å². The van der Waals surface area contributed by atoms with Crippen molar-refractivity contribution in [1.29, 1.82) is 0 Å². The van der Waals surface area contributed by atoms with Gasteiger partial charge in [-0.3, -0.25) is 0 Å². The minimum Gasteiger partial charge on any atom is -0.482 e. The summed E-state index contributed by atoms with van der Waals surface area (Å²) in [6, 6.07) is 9.30. The first kappa shape index (κ1) is 18.6. The fourth-order valence-corrected chi connectivity index (χ4v) is 3.23. The fourth-order valence-electron chi connectivity index (χ4n) is 2.07. The second-order valence-electron chi connectivity index (χ2n) is 5.14. The van der Waals surface area contributed by atoms with E-state index in [0.29, 0.717) is 33.3 Å². The van der Waals surface area contributed by atoms with Gasteiger partial charge in [0.1, 0.15) is 5.75 Å². The molecule has 0 aliphatic rings. The Morgan fingerprint density at radius 1 is 1.12 bits per heavy atom. The van der Waals surface area contributed by atoms with Crippen molar-refractivity contribution < 1.29 is 23.1 Å². The van der Waals surface area contributed by atoms with Crippen LogP contribution in [0.3, 0.4) is 0 Å². The number of hydrogen-bond donors (Lipinski definition) is 1. The van der Waals surface area contributed by atoms with Crippen molar-refractivity contribution in [1.82, 2.24) is 0 Å². The van der Waals surface area contributed by atoms with E-state index in [1.54, 1.807) is 24.3 Å². The van der Waals surface area contributed by atoms with Crippen LogP contribution in [0.4, 0.5) is 0 Å². The summed E-state index contributed by atoms with van der Waals surface area (Å²) < 4.78 is 28.3. The van der Waals surface area contributed by atoms with E-state index in [2.05, 4.69) is 0 Å². The van der Waals surface area contributed by atoms with Crippen LogP contribution in [0, 0.1) is 0 Å². The monoisotopic (exact) mass is 388 g/mol. The van der Waals surface area contributed by atoms with Gasteiger partial charge in [-0.05, 0) is 35.9 Å². The Morgan fingerprint density at radius 3 is 2.42 bits per heavy atom. The van der Waals surface area contributed by atoms with E-state index in [-0.39, 0.29) is 4.90 Å². The van der Waals surface area contributed by atoms with Crippen LogP contribution in [-0.4, -0.2) is 32.4 Å². The molecule has 2 aromatic rings. The van der Waals surface area contributed by atoms with Gasteiger partial charge in [-0.15, -0.1) is 0 Å². The molecular weight excluding hydrogens is 375 g/mol. The molecule has 0 radical (unpaired) electrons. The number of sulfone groups is 1. The first-order chi connectivity index (χ1) is 11.2. The molecule has 0 bridgehead atoms. The smallest absolute Gasteiger partial charge is 0.341 e. The Morgan fingerprint density at radius 2 is 1.83 bits per heavy atom. The van der Waals surface area contributed by atoms with Crippen molar-refractivity contribution in [3.63, 3.8) is 0 Å². The largest absolute Gasteiger partial charge is 0.482 e. The number of carboxylic acids is 1. The predicted molar refractivity (Wildman–Crippen MR) is 92.0 cm³/mol. The van der Waals surface area contributed by atoms with Crippen LogP contribution in [0.5, 0.6) is 5.75 Å². The van der Waals surface area contributed by atoms with Crippen molar-refractivity contribution in [3.8, 4) is 5.75 Å². The molecule has 0 saturated carbocycles. The van der Waals surface area contributed by atoms with Crippen molar-refractivity contribution in [3.05, 3.63) is 57.6 Å². The number of halogens is 2. The number of ether oxygens (including phenoxy) is 1. The third kappa shape index (κ3) is 4.87. The molecule has 0 heterocycles. The van der Waals surface area contributed by atoms with E-state index in [0.717, 1.165) is 6.26 Å². The molecule has 0 saturated heterocycles. The molecule has 8 heteroatoms. The van der Waals surface area contributed by atoms with Gasteiger partial charge in [0.25, 0.3) is 0 Å². The van der Waals surface area contributed by atoms with Crippen LogP contribution in [0.1, 0.15) is 11.1 Å². The molecule has 0 amide bonds. The molecule has 0 aliphatic carbocycles. The maximum atomic E-state index is 11.6. The Labute approximate surface area is 149 Å². The number of carboxylic acid groups (broad SMARTS) is 1. The molecule has 2 aromatic carbocycles. The quantitative estimate of drug-likeness (QED) is 0.819. The van der Waals surface area contributed by atoms with Gasteiger partial charge in [-0.25, -0.2) is 13.2 Å². The summed E-state index contributed by atoms with van der Waals surface area (Å²) in [4.78, 5) is 10.8. The summed E-state index contributed by atoms with van der Waals surface area (Å²) in [5, 5.41) is 9.49. The molecule has 5 nitrogen and oxygen atoms in total. The summed E-state index contributed by atoms with van der Waals surface area (Å²) in [6.07, 6.45) is 1.42. The van der Waals surface area contributed by atoms with Crippen LogP contribution < -0.4 is 4.74 Å². The van der Waals surface area contributed by atoms with E-state index in [4.69, 9.17) is 33.0 Å². The lowest BCUT2D eigenvalue weighted by Crippen LogP contribution is -2.10. The van der Waals surface area contributed by atoms with E-state index in [1.807, 2.05) is 0 Å². The molecule has 24 heavy (non-hydrogen) atoms. The van der Waals surface area contributed by atoms with Gasteiger partial charge in [0, 0.05) is 28.3 Å². The van der Waals surface area contributed by atoms with E-state index in [9.17, 15) is 13.2 Å². The highest BCUT2D eigenvalue weighted by atomic mass is 35.5. The lowest BCUT2D eigenvalue weighted by atomic mass is 10.0. The Bertz CT molecular complexity index is 878. The maximum Gasteiger partial charge on any atom is 0.341 e. The van der Waals surface area contributed by atoms with Gasteiger partial charge in [0.15, 0.2) is 16.4 Å². The maximum absolute atomic E-state index is 11.6. The summed E-state index contributed by atoms with van der Waals surface area (Å²) in [6.45, 7) is -0.477. The van der Waals surface area contributed by atoms with E-state index < -0.39 is 22.4 Å². The highest BCUT2D eigenvalue weighted by molar-refractivity contribution is 7.90. The van der Waals surface area contributed by atoms with Gasteiger partial charge in [0.2, 0.25) is 0 Å². The molecule has 0 aromatic heterocycles. The zero-order chi connectivity index (χ0) is 17.9. The summed E-state index contributed by atoms with van der Waals surface area (Å²) in [5.74, 6) is -0.712. The molecule has 0 unspecified atom stereocenters. The third-order valence-corrected chi connectivity index (χ3v) is 4.90. The Balaban J connectivity index is 2.33. The molecule has 0 fully saturated rings. The van der Waals surface area contributed by atoms with Gasteiger partial charge in [-0.1, -0.05) is 29.3 Å². The zero-order valence-corrected chi connectivity index (χ0v) is 15.0. The minimum absolute atomic E-state index is 0.129. The first-order valence-corrected chi connectivity index (χ1v) is 9.43. The predicted octanol–water partition coefficient (Wildman–Crippen LogP) is 3.45. The minimum atomic E-state index is -3.34. The SMILES string of the molecule is CS(=O)(=O)c1ccc(Cc2cc(Cl)ccc2OCC(=O)O)c(Cl)c1. The Kier molecular flexibility index (Phi) is 5.74. The van der Waals surface area contributed by atoms with Gasteiger partial charge in [-0.2, -0.15) is 0 Å². The van der Waals surface area contributed by atoms with Crippen molar-refractivity contribution in [2.75, 3.05) is 12.9 Å².